The van der Waals surface area contributed by atoms with Gasteiger partial charge in [0.1, 0.15) is 11.6 Å². The van der Waals surface area contributed by atoms with E-state index in [2.05, 4.69) is 39.6 Å². The zero-order valence-electron chi connectivity index (χ0n) is 21.3. The second-order valence-corrected chi connectivity index (χ2v) is 10.5. The zero-order chi connectivity index (χ0) is 26.4. The first-order chi connectivity index (χ1) is 18.3. The van der Waals surface area contributed by atoms with Gasteiger partial charge in [0.05, 0.1) is 29.2 Å². The first kappa shape index (κ1) is 24.4. The molecule has 0 aliphatic carbocycles. The molecule has 5 heterocycles. The number of carbonyl (C=O) groups is 3. The molecular formula is C28H30N6O4. The summed E-state index contributed by atoms with van der Waals surface area (Å²) >= 11 is 0. The van der Waals surface area contributed by atoms with E-state index in [0.717, 1.165) is 30.9 Å². The quantitative estimate of drug-likeness (QED) is 0.498. The summed E-state index contributed by atoms with van der Waals surface area (Å²) in [5, 5.41) is 18.2. The van der Waals surface area contributed by atoms with Crippen molar-refractivity contribution in [1.82, 2.24) is 29.9 Å². The van der Waals surface area contributed by atoms with Crippen LogP contribution in [0.4, 0.5) is 0 Å². The average molecular weight is 515 g/mol. The van der Waals surface area contributed by atoms with Gasteiger partial charge in [-0.15, -0.1) is 0 Å². The lowest BCUT2D eigenvalue weighted by atomic mass is 9.87. The van der Waals surface area contributed by atoms with E-state index in [1.54, 1.807) is 16.8 Å². The zero-order valence-corrected chi connectivity index (χ0v) is 21.3. The number of fused-ring (bicyclic) bond motifs is 1. The number of pyridine rings is 1. The minimum absolute atomic E-state index is 0.199. The molecule has 3 aromatic rings. The van der Waals surface area contributed by atoms with Crippen LogP contribution in [0.25, 0.3) is 11.3 Å². The van der Waals surface area contributed by atoms with Crippen molar-refractivity contribution in [3.63, 3.8) is 0 Å². The number of aromatic nitrogens is 3. The Morgan fingerprint density at radius 2 is 1.82 bits per heavy atom. The van der Waals surface area contributed by atoms with Gasteiger partial charge >= 0.3 is 0 Å². The fourth-order valence-electron chi connectivity index (χ4n) is 5.64. The highest BCUT2D eigenvalue weighted by Gasteiger charge is 2.41. The Morgan fingerprint density at radius 3 is 2.50 bits per heavy atom. The third kappa shape index (κ3) is 4.50. The second kappa shape index (κ2) is 9.45. The van der Waals surface area contributed by atoms with Crippen LogP contribution in [0.5, 0.6) is 0 Å². The maximum Gasteiger partial charge on any atom is 0.256 e. The number of amides is 3. The molecule has 2 aromatic heterocycles. The van der Waals surface area contributed by atoms with E-state index in [1.165, 1.54) is 10.5 Å². The molecule has 0 bridgehead atoms. The number of nitrogens with one attached hydrogen (secondary N) is 1. The lowest BCUT2D eigenvalue weighted by Crippen LogP contribution is -2.52. The molecule has 2 saturated heterocycles. The molecule has 10 heteroatoms. The normalized spacial score (nSPS) is 21.5. The molecule has 0 spiro atoms. The monoisotopic (exact) mass is 514 g/mol. The van der Waals surface area contributed by atoms with Crippen LogP contribution in [0.1, 0.15) is 53.0 Å². The van der Waals surface area contributed by atoms with Gasteiger partial charge in [-0.2, -0.15) is 5.10 Å². The van der Waals surface area contributed by atoms with E-state index in [-0.39, 0.29) is 24.8 Å². The summed E-state index contributed by atoms with van der Waals surface area (Å²) in [5.74, 6) is -1.02. The smallest absolute Gasteiger partial charge is 0.256 e. The number of nitrogens with zero attached hydrogens (tertiary/aromatic N) is 5. The molecule has 3 aliphatic rings. The fourth-order valence-corrected chi connectivity index (χ4v) is 5.64. The molecule has 2 fully saturated rings. The Balaban J connectivity index is 1.09. The number of rotatable bonds is 5. The Labute approximate surface area is 220 Å². The van der Waals surface area contributed by atoms with Crippen LogP contribution in [0.15, 0.2) is 48.7 Å². The van der Waals surface area contributed by atoms with E-state index >= 15 is 0 Å². The molecule has 1 aromatic carbocycles. The molecule has 10 nitrogen and oxygen atoms in total. The van der Waals surface area contributed by atoms with Crippen molar-refractivity contribution in [2.75, 3.05) is 13.1 Å². The lowest BCUT2D eigenvalue weighted by molar-refractivity contribution is -0.136. The maximum absolute atomic E-state index is 13.0. The van der Waals surface area contributed by atoms with E-state index in [1.807, 2.05) is 19.3 Å². The number of benzene rings is 1. The van der Waals surface area contributed by atoms with Gasteiger partial charge in [0.2, 0.25) is 11.8 Å². The highest BCUT2D eigenvalue weighted by Crippen LogP contribution is 2.35. The molecule has 196 valence electrons. The Bertz CT molecular complexity index is 1410. The number of carbonyl (C=O) groups excluding carboxylic acids is 3. The van der Waals surface area contributed by atoms with Crippen molar-refractivity contribution in [2.45, 2.75) is 50.4 Å². The van der Waals surface area contributed by atoms with Crippen molar-refractivity contribution in [2.24, 2.45) is 7.05 Å². The molecule has 38 heavy (non-hydrogen) atoms. The van der Waals surface area contributed by atoms with E-state index in [0.29, 0.717) is 36.2 Å². The number of aliphatic hydroxyl groups is 1. The van der Waals surface area contributed by atoms with Gasteiger partial charge in [0.25, 0.3) is 5.91 Å². The van der Waals surface area contributed by atoms with Crippen LogP contribution in [-0.4, -0.2) is 66.5 Å². The second-order valence-electron chi connectivity index (χ2n) is 10.5. The summed E-state index contributed by atoms with van der Waals surface area (Å²) in [7, 11) is 1.91. The molecule has 0 radical (unpaired) electrons. The van der Waals surface area contributed by atoms with Crippen LogP contribution in [0, 0.1) is 0 Å². The number of imide groups is 1. The molecule has 0 saturated carbocycles. The van der Waals surface area contributed by atoms with E-state index in [9.17, 15) is 19.5 Å². The van der Waals surface area contributed by atoms with Gasteiger partial charge in [-0.05, 0) is 43.0 Å². The fraction of sp³-hybridized carbons (Fsp3) is 0.393. The number of hydrogen-bond donors (Lipinski definition) is 2. The van der Waals surface area contributed by atoms with E-state index < -0.39 is 17.6 Å². The summed E-state index contributed by atoms with van der Waals surface area (Å²) in [6.45, 7) is 2.44. The minimum atomic E-state index is -1.07. The first-order valence-electron chi connectivity index (χ1n) is 13.0. The summed E-state index contributed by atoms with van der Waals surface area (Å²) < 4.78 is 1.79. The average Bonchev–Trinajstić information content (AvgIpc) is 3.49. The Morgan fingerprint density at radius 1 is 1.05 bits per heavy atom. The highest BCUT2D eigenvalue weighted by molar-refractivity contribution is 6.05. The predicted octanol–water partition coefficient (Wildman–Crippen LogP) is 1.73. The third-order valence-electron chi connectivity index (χ3n) is 7.90. The van der Waals surface area contributed by atoms with Crippen molar-refractivity contribution in [3.05, 3.63) is 71.2 Å². The van der Waals surface area contributed by atoms with Crippen molar-refractivity contribution in [3.8, 4) is 11.3 Å². The van der Waals surface area contributed by atoms with Crippen molar-refractivity contribution >= 4 is 17.7 Å². The van der Waals surface area contributed by atoms with Gasteiger partial charge in [0.15, 0.2) is 0 Å². The Kier molecular flexibility index (Phi) is 6.08. The molecule has 2 N–H and O–H groups in total. The molecule has 6 rings (SSSR count). The summed E-state index contributed by atoms with van der Waals surface area (Å²) in [6, 6.07) is 13.2. The molecule has 1 atom stereocenters. The summed E-state index contributed by atoms with van der Waals surface area (Å²) in [5.41, 5.74) is 3.76. The van der Waals surface area contributed by atoms with Gasteiger partial charge in [-0.25, -0.2) is 0 Å². The van der Waals surface area contributed by atoms with E-state index in [4.69, 9.17) is 4.98 Å². The first-order valence-corrected chi connectivity index (χ1v) is 13.0. The van der Waals surface area contributed by atoms with Crippen LogP contribution >= 0.6 is 0 Å². The molecule has 1 unspecified atom stereocenters. The van der Waals surface area contributed by atoms with Gasteiger partial charge in [-0.3, -0.25) is 34.3 Å². The van der Waals surface area contributed by atoms with Crippen LogP contribution in [-0.2, 0) is 35.3 Å². The number of piperidine rings is 2. The van der Waals surface area contributed by atoms with Crippen LogP contribution < -0.4 is 5.32 Å². The van der Waals surface area contributed by atoms with Crippen LogP contribution in [0.3, 0.4) is 0 Å². The lowest BCUT2D eigenvalue weighted by Gasteiger charge is -2.38. The number of hydrogen-bond acceptors (Lipinski definition) is 7. The van der Waals surface area contributed by atoms with Gasteiger partial charge in [-0.1, -0.05) is 24.3 Å². The molecule has 3 aliphatic heterocycles. The maximum atomic E-state index is 13.0. The SMILES string of the molecule is Cn1ccc(-c2ccc(CN3CCC(O)(c4ccc5c(n4)CN(C4CCC(=O)NC4=O)C5=O)CC3)cc2)n1. The van der Waals surface area contributed by atoms with Gasteiger partial charge < -0.3 is 10.0 Å². The summed E-state index contributed by atoms with van der Waals surface area (Å²) in [6.07, 6.45) is 3.52. The molecular weight excluding hydrogens is 484 g/mol. The third-order valence-corrected chi connectivity index (χ3v) is 7.90. The van der Waals surface area contributed by atoms with Crippen LogP contribution in [0.2, 0.25) is 0 Å². The topological polar surface area (TPSA) is 121 Å². The minimum Gasteiger partial charge on any atom is -0.383 e. The van der Waals surface area contributed by atoms with Crippen molar-refractivity contribution in [1.29, 1.82) is 0 Å². The van der Waals surface area contributed by atoms with Crippen molar-refractivity contribution < 1.29 is 19.5 Å². The predicted molar refractivity (Wildman–Crippen MR) is 137 cm³/mol. The molecule has 3 amide bonds. The van der Waals surface area contributed by atoms with Gasteiger partial charge in [0, 0.05) is 44.9 Å². The summed E-state index contributed by atoms with van der Waals surface area (Å²) in [4.78, 5) is 45.3. The standard InChI is InChI=1S/C28H30N6O4/c1-32-13-10-21(31-32)19-4-2-18(3-5-19)16-33-14-11-28(38,12-15-33)24-8-6-20-22(29-24)17-34(27(20)37)23-7-9-25(35)30-26(23)36/h2-6,8,10,13,23,38H,7,9,11-12,14-17H2,1H3,(H,30,35,36). The highest BCUT2D eigenvalue weighted by atomic mass is 16.3. The Hall–Kier alpha value is -3.89. The largest absolute Gasteiger partial charge is 0.383 e. The number of aryl methyl sites for hydroxylation is 1. The number of likely N-dealkylation sites (tertiary alicyclic amines) is 1.